The molecule has 1 N–H and O–H groups in total. The number of carbonyl (C=O) groups excluding carboxylic acids is 1. The molecule has 0 atom stereocenters. The molecule has 3 nitrogen and oxygen atoms in total. The minimum atomic E-state index is 0.0578. The highest BCUT2D eigenvalue weighted by molar-refractivity contribution is 6.30. The molecule has 0 unspecified atom stereocenters. The van der Waals surface area contributed by atoms with Gasteiger partial charge in [-0.1, -0.05) is 41.9 Å². The van der Waals surface area contributed by atoms with Gasteiger partial charge in [0.15, 0.2) is 5.78 Å². The molecule has 0 radical (unpaired) electrons. The number of H-pyrrole nitrogens is 1. The third-order valence-corrected chi connectivity index (χ3v) is 5.01. The van der Waals surface area contributed by atoms with Crippen LogP contribution in [0.4, 0.5) is 0 Å². The first-order chi connectivity index (χ1) is 13.0. The van der Waals surface area contributed by atoms with E-state index in [1.165, 1.54) is 11.1 Å². The first kappa shape index (κ1) is 17.5. The third-order valence-electron chi connectivity index (χ3n) is 4.78. The Morgan fingerprint density at radius 3 is 2.48 bits per heavy atom. The van der Waals surface area contributed by atoms with Crippen molar-refractivity contribution in [2.24, 2.45) is 0 Å². The van der Waals surface area contributed by atoms with Gasteiger partial charge in [-0.25, -0.2) is 4.98 Å². The maximum absolute atomic E-state index is 12.7. The van der Waals surface area contributed by atoms with Crippen LogP contribution >= 0.6 is 11.6 Å². The Balaban J connectivity index is 1.68. The molecule has 4 heteroatoms. The summed E-state index contributed by atoms with van der Waals surface area (Å²) in [6, 6.07) is 19.2. The van der Waals surface area contributed by atoms with Gasteiger partial charge in [0, 0.05) is 22.6 Å². The number of Topliss-reactive ketones (excluding diaryl/α,β-unsaturated/α-hetero) is 1. The van der Waals surface area contributed by atoms with E-state index in [9.17, 15) is 4.79 Å². The average molecular weight is 375 g/mol. The van der Waals surface area contributed by atoms with Gasteiger partial charge in [0.2, 0.25) is 0 Å². The highest BCUT2D eigenvalue weighted by Crippen LogP contribution is 2.27. The molecule has 0 aliphatic rings. The molecule has 0 aliphatic heterocycles. The fourth-order valence-electron chi connectivity index (χ4n) is 3.42. The Kier molecular flexibility index (Phi) is 4.54. The molecule has 4 aromatic rings. The fourth-order valence-corrected chi connectivity index (χ4v) is 3.64. The van der Waals surface area contributed by atoms with Crippen LogP contribution in [-0.4, -0.2) is 15.8 Å². The van der Waals surface area contributed by atoms with Crippen LogP contribution in [0.2, 0.25) is 5.02 Å². The fraction of sp³-hybridized carbons (Fsp3) is 0.130. The summed E-state index contributed by atoms with van der Waals surface area (Å²) in [5.74, 6) is 0.891. The van der Waals surface area contributed by atoms with Crippen LogP contribution < -0.4 is 0 Å². The predicted molar refractivity (Wildman–Crippen MR) is 110 cm³/mol. The zero-order valence-electron chi connectivity index (χ0n) is 15.2. The summed E-state index contributed by atoms with van der Waals surface area (Å²) in [6.45, 7) is 4.16. The van der Waals surface area contributed by atoms with Crippen molar-refractivity contribution < 1.29 is 4.79 Å². The number of benzene rings is 3. The first-order valence-electron chi connectivity index (χ1n) is 8.85. The summed E-state index contributed by atoms with van der Waals surface area (Å²) in [5.41, 5.74) is 6.75. The number of imidazole rings is 1. The molecular formula is C23H19ClN2O. The standard InChI is InChI=1S/C23H19ClN2O/c1-14-5-3-6-15(2)22(14)23-25-19-10-9-17(13-20(19)26-23)21(27)12-16-7-4-8-18(24)11-16/h3-11,13H,12H2,1-2H3,(H,25,26). The molecule has 134 valence electrons. The first-order valence-corrected chi connectivity index (χ1v) is 9.23. The minimum absolute atomic E-state index is 0.0578. The van der Waals surface area contributed by atoms with Gasteiger partial charge in [-0.3, -0.25) is 4.79 Å². The summed E-state index contributed by atoms with van der Waals surface area (Å²) < 4.78 is 0. The lowest BCUT2D eigenvalue weighted by atomic mass is 10.0. The summed E-state index contributed by atoms with van der Waals surface area (Å²) in [5, 5.41) is 0.641. The SMILES string of the molecule is Cc1cccc(C)c1-c1nc2ccc(C(=O)Cc3cccc(Cl)c3)cc2[nH]1. The Hall–Kier alpha value is -2.91. The Labute approximate surface area is 163 Å². The van der Waals surface area contributed by atoms with Crippen LogP contribution in [0.3, 0.4) is 0 Å². The largest absolute Gasteiger partial charge is 0.338 e. The van der Waals surface area contributed by atoms with E-state index in [1.807, 2.05) is 42.5 Å². The summed E-state index contributed by atoms with van der Waals surface area (Å²) in [6.07, 6.45) is 0.323. The molecule has 27 heavy (non-hydrogen) atoms. The smallest absolute Gasteiger partial charge is 0.167 e. The maximum atomic E-state index is 12.7. The molecule has 0 bridgehead atoms. The number of halogens is 1. The summed E-state index contributed by atoms with van der Waals surface area (Å²) >= 11 is 6.01. The van der Waals surface area contributed by atoms with Gasteiger partial charge < -0.3 is 4.98 Å². The van der Waals surface area contributed by atoms with Crippen molar-refractivity contribution >= 4 is 28.4 Å². The van der Waals surface area contributed by atoms with Gasteiger partial charge in [0.05, 0.1) is 11.0 Å². The third kappa shape index (κ3) is 3.51. The molecule has 1 aromatic heterocycles. The van der Waals surface area contributed by atoms with Gasteiger partial charge in [-0.15, -0.1) is 0 Å². The van der Waals surface area contributed by atoms with Crippen molar-refractivity contribution in [2.75, 3.05) is 0 Å². The monoisotopic (exact) mass is 374 g/mol. The second-order valence-electron chi connectivity index (χ2n) is 6.81. The molecule has 4 rings (SSSR count). The van der Waals surface area contributed by atoms with Gasteiger partial charge >= 0.3 is 0 Å². The van der Waals surface area contributed by atoms with Gasteiger partial charge in [0.25, 0.3) is 0 Å². The van der Waals surface area contributed by atoms with Crippen LogP contribution in [-0.2, 0) is 6.42 Å². The quantitative estimate of drug-likeness (QED) is 0.450. The normalized spacial score (nSPS) is 11.1. The highest BCUT2D eigenvalue weighted by Gasteiger charge is 2.13. The zero-order chi connectivity index (χ0) is 19.0. The number of ketones is 1. The molecule has 0 fully saturated rings. The molecule has 0 amide bonds. The van der Waals surface area contributed by atoms with Gasteiger partial charge in [-0.2, -0.15) is 0 Å². The van der Waals surface area contributed by atoms with Crippen molar-refractivity contribution in [3.8, 4) is 11.4 Å². The number of aromatic amines is 1. The van der Waals surface area contributed by atoms with Crippen molar-refractivity contribution in [3.63, 3.8) is 0 Å². The number of hydrogen-bond donors (Lipinski definition) is 1. The Morgan fingerprint density at radius 2 is 1.74 bits per heavy atom. The van der Waals surface area contributed by atoms with Crippen LogP contribution in [0.5, 0.6) is 0 Å². The minimum Gasteiger partial charge on any atom is -0.338 e. The van der Waals surface area contributed by atoms with E-state index in [1.54, 1.807) is 6.07 Å². The predicted octanol–water partition coefficient (Wildman–Crippen LogP) is 5.93. The van der Waals surface area contributed by atoms with E-state index in [2.05, 4.69) is 31.0 Å². The van der Waals surface area contributed by atoms with E-state index in [0.717, 1.165) is 28.0 Å². The van der Waals surface area contributed by atoms with Crippen LogP contribution in [0, 0.1) is 13.8 Å². The number of nitrogens with one attached hydrogen (secondary N) is 1. The van der Waals surface area contributed by atoms with Crippen molar-refractivity contribution in [3.05, 3.63) is 87.9 Å². The topological polar surface area (TPSA) is 45.8 Å². The molecule has 1 heterocycles. The van der Waals surface area contributed by atoms with E-state index in [4.69, 9.17) is 16.6 Å². The average Bonchev–Trinajstić information content (AvgIpc) is 3.04. The number of nitrogens with zero attached hydrogens (tertiary/aromatic N) is 1. The van der Waals surface area contributed by atoms with Crippen molar-refractivity contribution in [1.29, 1.82) is 0 Å². The lowest BCUT2D eigenvalue weighted by Crippen LogP contribution is -2.03. The van der Waals surface area contributed by atoms with Crippen LogP contribution in [0.25, 0.3) is 22.4 Å². The zero-order valence-corrected chi connectivity index (χ0v) is 16.0. The highest BCUT2D eigenvalue weighted by atomic mass is 35.5. The number of hydrogen-bond acceptors (Lipinski definition) is 2. The maximum Gasteiger partial charge on any atom is 0.167 e. The number of aromatic nitrogens is 2. The van der Waals surface area contributed by atoms with Crippen molar-refractivity contribution in [1.82, 2.24) is 9.97 Å². The Morgan fingerprint density at radius 1 is 1.00 bits per heavy atom. The number of rotatable bonds is 4. The molecule has 0 saturated carbocycles. The molecule has 0 aliphatic carbocycles. The lowest BCUT2D eigenvalue weighted by molar-refractivity contribution is 0.0993. The second kappa shape index (κ2) is 7.01. The van der Waals surface area contributed by atoms with Gasteiger partial charge in [0.1, 0.15) is 5.82 Å². The van der Waals surface area contributed by atoms with Crippen molar-refractivity contribution in [2.45, 2.75) is 20.3 Å². The number of fused-ring (bicyclic) bond motifs is 1. The van der Waals surface area contributed by atoms with Crippen LogP contribution in [0.1, 0.15) is 27.0 Å². The van der Waals surface area contributed by atoms with E-state index >= 15 is 0 Å². The molecular weight excluding hydrogens is 356 g/mol. The molecule has 3 aromatic carbocycles. The molecule has 0 saturated heterocycles. The summed E-state index contributed by atoms with van der Waals surface area (Å²) in [4.78, 5) is 20.8. The second-order valence-corrected chi connectivity index (χ2v) is 7.25. The van der Waals surface area contributed by atoms with E-state index < -0.39 is 0 Å². The number of carbonyl (C=O) groups is 1. The molecule has 0 spiro atoms. The lowest BCUT2D eigenvalue weighted by Gasteiger charge is -2.05. The van der Waals surface area contributed by atoms with Gasteiger partial charge in [-0.05, 0) is 60.9 Å². The van der Waals surface area contributed by atoms with E-state index in [-0.39, 0.29) is 5.78 Å². The summed E-state index contributed by atoms with van der Waals surface area (Å²) in [7, 11) is 0. The van der Waals surface area contributed by atoms with Crippen LogP contribution in [0.15, 0.2) is 60.7 Å². The Bertz CT molecular complexity index is 1140. The van der Waals surface area contributed by atoms with E-state index in [0.29, 0.717) is 17.0 Å². The number of aryl methyl sites for hydroxylation is 2.